The molecule has 8 heteroatoms. The molecule has 1 aliphatic heterocycles. The molecule has 1 N–H and O–H groups in total. The Kier molecular flexibility index (Phi) is 6.24. The molecule has 1 amide bonds. The Hall–Kier alpha value is -2.19. The Bertz CT molecular complexity index is 974. The first kappa shape index (κ1) is 21.1. The number of rotatable bonds is 7. The van der Waals surface area contributed by atoms with Crippen molar-refractivity contribution >= 4 is 21.6 Å². The molecule has 2 fully saturated rings. The number of hydrogen-bond donors (Lipinski definition) is 1. The summed E-state index contributed by atoms with van der Waals surface area (Å²) in [6, 6.07) is 8.68. The minimum absolute atomic E-state index is 0.116. The van der Waals surface area contributed by atoms with Gasteiger partial charge < -0.3 is 10.1 Å². The van der Waals surface area contributed by atoms with Crippen LogP contribution in [0.1, 0.15) is 50.0 Å². The quantitative estimate of drug-likeness (QED) is 0.727. The summed E-state index contributed by atoms with van der Waals surface area (Å²) in [5.41, 5.74) is 0.836. The SMILES string of the molecule is Cn1ccc(NC(=O)[C@H](CC2CCOCC2)c2ccc(S(=O)(=O)C3CCC3)cc2)n1. The first-order valence-electron chi connectivity index (χ1n) is 10.7. The number of sulfone groups is 1. The molecule has 2 heterocycles. The summed E-state index contributed by atoms with van der Waals surface area (Å²) >= 11 is 0. The third-order valence-corrected chi connectivity index (χ3v) is 8.57. The Morgan fingerprint density at radius 1 is 1.17 bits per heavy atom. The van der Waals surface area contributed by atoms with Crippen molar-refractivity contribution in [2.75, 3.05) is 18.5 Å². The maximum Gasteiger partial charge on any atom is 0.233 e. The zero-order chi connectivity index (χ0) is 21.1. The summed E-state index contributed by atoms with van der Waals surface area (Å²) in [4.78, 5) is 13.5. The number of carbonyl (C=O) groups is 1. The van der Waals surface area contributed by atoms with E-state index in [1.807, 2.05) is 0 Å². The Labute approximate surface area is 177 Å². The monoisotopic (exact) mass is 431 g/mol. The molecule has 0 radical (unpaired) electrons. The van der Waals surface area contributed by atoms with Crippen LogP contribution in [0.5, 0.6) is 0 Å². The second-order valence-electron chi connectivity index (χ2n) is 8.37. The van der Waals surface area contributed by atoms with E-state index in [-0.39, 0.29) is 17.1 Å². The molecule has 1 atom stereocenters. The standard InChI is InChI=1S/C22H29N3O4S/c1-25-12-9-21(24-25)23-22(26)20(15-16-10-13-29-14-11-16)17-5-7-19(8-6-17)30(27,28)18-3-2-4-18/h5-9,12,16,18,20H,2-4,10-11,13-15H2,1H3,(H,23,24,26)/t20-/m1/s1. The van der Waals surface area contributed by atoms with Gasteiger partial charge in [-0.3, -0.25) is 9.48 Å². The van der Waals surface area contributed by atoms with E-state index in [0.29, 0.717) is 23.1 Å². The van der Waals surface area contributed by atoms with Crippen molar-refractivity contribution < 1.29 is 17.9 Å². The summed E-state index contributed by atoms with van der Waals surface area (Å²) in [7, 11) is -1.47. The minimum atomic E-state index is -3.27. The van der Waals surface area contributed by atoms with Gasteiger partial charge in [0, 0.05) is 32.5 Å². The molecule has 1 aromatic carbocycles. The zero-order valence-electron chi connectivity index (χ0n) is 17.3. The van der Waals surface area contributed by atoms with E-state index >= 15 is 0 Å². The van der Waals surface area contributed by atoms with E-state index in [4.69, 9.17) is 4.74 Å². The average molecular weight is 432 g/mol. The van der Waals surface area contributed by atoms with E-state index < -0.39 is 9.84 Å². The van der Waals surface area contributed by atoms with Crippen LogP contribution in [-0.4, -0.2) is 42.6 Å². The predicted molar refractivity (Wildman–Crippen MR) is 114 cm³/mol. The van der Waals surface area contributed by atoms with Gasteiger partial charge in [0.25, 0.3) is 0 Å². The summed E-state index contributed by atoms with van der Waals surface area (Å²) in [6.07, 6.45) is 6.80. The van der Waals surface area contributed by atoms with Crippen LogP contribution in [0.3, 0.4) is 0 Å². The molecule has 0 unspecified atom stereocenters. The highest BCUT2D eigenvalue weighted by Gasteiger charge is 2.33. The fourth-order valence-electron chi connectivity index (χ4n) is 4.17. The normalized spacial score (nSPS) is 19.2. The van der Waals surface area contributed by atoms with Crippen LogP contribution in [0, 0.1) is 5.92 Å². The molecule has 4 rings (SSSR count). The lowest BCUT2D eigenvalue weighted by molar-refractivity contribution is -0.118. The van der Waals surface area contributed by atoms with E-state index in [1.54, 1.807) is 48.3 Å². The minimum Gasteiger partial charge on any atom is -0.381 e. The number of aryl methyl sites for hydroxylation is 1. The molecular weight excluding hydrogens is 402 g/mol. The van der Waals surface area contributed by atoms with Gasteiger partial charge in [0.1, 0.15) is 0 Å². The fraction of sp³-hybridized carbons (Fsp3) is 0.545. The maximum atomic E-state index is 13.1. The van der Waals surface area contributed by atoms with E-state index in [1.165, 1.54) is 0 Å². The Morgan fingerprint density at radius 2 is 1.87 bits per heavy atom. The van der Waals surface area contributed by atoms with Gasteiger partial charge in [0.15, 0.2) is 15.7 Å². The number of anilines is 1. The van der Waals surface area contributed by atoms with Crippen molar-refractivity contribution in [2.45, 2.75) is 54.6 Å². The lowest BCUT2D eigenvalue weighted by atomic mass is 9.84. The maximum absolute atomic E-state index is 13.1. The number of benzene rings is 1. The highest BCUT2D eigenvalue weighted by Crippen LogP contribution is 2.34. The fourth-order valence-corrected chi connectivity index (χ4v) is 6.02. The van der Waals surface area contributed by atoms with Crippen molar-refractivity contribution in [3.8, 4) is 0 Å². The predicted octanol–water partition coefficient (Wildman–Crippen LogP) is 3.29. The van der Waals surface area contributed by atoms with Gasteiger partial charge in [-0.05, 0) is 55.7 Å². The van der Waals surface area contributed by atoms with Crippen molar-refractivity contribution in [3.63, 3.8) is 0 Å². The zero-order valence-corrected chi connectivity index (χ0v) is 18.1. The molecule has 1 aromatic heterocycles. The third-order valence-electron chi connectivity index (χ3n) is 6.29. The number of nitrogens with one attached hydrogen (secondary N) is 1. The topological polar surface area (TPSA) is 90.3 Å². The van der Waals surface area contributed by atoms with Crippen molar-refractivity contribution in [1.82, 2.24) is 9.78 Å². The summed E-state index contributed by atoms with van der Waals surface area (Å²) in [5, 5.41) is 6.90. The molecule has 7 nitrogen and oxygen atoms in total. The van der Waals surface area contributed by atoms with E-state index in [0.717, 1.165) is 50.9 Å². The van der Waals surface area contributed by atoms with E-state index in [9.17, 15) is 13.2 Å². The van der Waals surface area contributed by atoms with Crippen LogP contribution in [0.15, 0.2) is 41.4 Å². The number of carbonyl (C=O) groups excluding carboxylic acids is 1. The van der Waals surface area contributed by atoms with Crippen molar-refractivity contribution in [1.29, 1.82) is 0 Å². The van der Waals surface area contributed by atoms with Gasteiger partial charge in [-0.1, -0.05) is 18.6 Å². The molecule has 30 heavy (non-hydrogen) atoms. The molecule has 0 spiro atoms. The van der Waals surface area contributed by atoms with Gasteiger partial charge in [-0.15, -0.1) is 0 Å². The molecule has 1 aliphatic carbocycles. The number of nitrogens with zero attached hydrogens (tertiary/aromatic N) is 2. The first-order chi connectivity index (χ1) is 14.4. The smallest absolute Gasteiger partial charge is 0.233 e. The van der Waals surface area contributed by atoms with Crippen LogP contribution >= 0.6 is 0 Å². The average Bonchev–Trinajstić information content (AvgIpc) is 3.10. The molecule has 1 saturated carbocycles. The molecule has 2 aromatic rings. The van der Waals surface area contributed by atoms with Crippen LogP contribution < -0.4 is 5.32 Å². The number of hydrogen-bond acceptors (Lipinski definition) is 5. The summed E-state index contributed by atoms with van der Waals surface area (Å²) in [6.45, 7) is 1.44. The largest absolute Gasteiger partial charge is 0.381 e. The van der Waals surface area contributed by atoms with Gasteiger partial charge >= 0.3 is 0 Å². The molecule has 1 saturated heterocycles. The number of ether oxygens (including phenoxy) is 1. The highest BCUT2D eigenvalue weighted by molar-refractivity contribution is 7.92. The Balaban J connectivity index is 1.55. The van der Waals surface area contributed by atoms with Gasteiger partial charge in [0.2, 0.25) is 5.91 Å². The summed E-state index contributed by atoms with van der Waals surface area (Å²) in [5.74, 6) is 0.436. The second kappa shape index (κ2) is 8.89. The summed E-state index contributed by atoms with van der Waals surface area (Å²) < 4.78 is 32.5. The van der Waals surface area contributed by atoms with Gasteiger partial charge in [-0.25, -0.2) is 8.42 Å². The van der Waals surface area contributed by atoms with Crippen LogP contribution in [0.4, 0.5) is 5.82 Å². The molecule has 162 valence electrons. The van der Waals surface area contributed by atoms with Gasteiger partial charge in [-0.2, -0.15) is 5.10 Å². The number of aromatic nitrogens is 2. The molecular formula is C22H29N3O4S. The van der Waals surface area contributed by atoms with Crippen molar-refractivity contribution in [2.24, 2.45) is 13.0 Å². The van der Waals surface area contributed by atoms with Crippen molar-refractivity contribution in [3.05, 3.63) is 42.1 Å². The van der Waals surface area contributed by atoms with Crippen LogP contribution in [0.2, 0.25) is 0 Å². The van der Waals surface area contributed by atoms with E-state index in [2.05, 4.69) is 10.4 Å². The number of amides is 1. The van der Waals surface area contributed by atoms with Gasteiger partial charge in [0.05, 0.1) is 16.1 Å². The highest BCUT2D eigenvalue weighted by atomic mass is 32.2. The van der Waals surface area contributed by atoms with Crippen LogP contribution in [0.25, 0.3) is 0 Å². The lowest BCUT2D eigenvalue weighted by Crippen LogP contribution is -2.28. The second-order valence-corrected chi connectivity index (χ2v) is 10.6. The Morgan fingerprint density at radius 3 is 2.43 bits per heavy atom. The lowest BCUT2D eigenvalue weighted by Gasteiger charge is -2.27. The third kappa shape index (κ3) is 4.59. The van der Waals surface area contributed by atoms with Crippen LogP contribution in [-0.2, 0) is 26.4 Å². The first-order valence-corrected chi connectivity index (χ1v) is 12.2. The molecule has 0 bridgehead atoms. The molecule has 2 aliphatic rings.